The average Bonchev–Trinajstić information content (AvgIpc) is 2.47. The molecule has 0 saturated carbocycles. The summed E-state index contributed by atoms with van der Waals surface area (Å²) in [6.45, 7) is 4.26. The maximum atomic E-state index is 13.2. The van der Waals surface area contributed by atoms with E-state index in [9.17, 15) is 8.78 Å². The molecule has 2 rings (SSSR count). The van der Waals surface area contributed by atoms with Crippen LogP contribution in [-0.2, 0) is 5.41 Å². The molecule has 2 heteroatoms. The van der Waals surface area contributed by atoms with Crippen LogP contribution in [0.15, 0.2) is 48.5 Å². The summed E-state index contributed by atoms with van der Waals surface area (Å²) in [5.74, 6) is -0.455. The Morgan fingerprint density at radius 2 is 1.15 bits per heavy atom. The van der Waals surface area contributed by atoms with Gasteiger partial charge in [-0.05, 0) is 48.2 Å². The molecule has 0 amide bonds. The molecule has 0 fully saturated rings. The van der Waals surface area contributed by atoms with Gasteiger partial charge in [0.15, 0.2) is 0 Å². The van der Waals surface area contributed by atoms with Gasteiger partial charge in [0.05, 0.1) is 0 Å². The van der Waals surface area contributed by atoms with Crippen molar-refractivity contribution >= 4 is 0 Å². The van der Waals surface area contributed by atoms with Crippen molar-refractivity contribution in [3.8, 4) is 0 Å². The van der Waals surface area contributed by atoms with Gasteiger partial charge in [0.25, 0.3) is 0 Å². The van der Waals surface area contributed by atoms with E-state index >= 15 is 0 Å². The first-order chi connectivity index (χ1) is 9.62. The molecule has 106 valence electrons. The van der Waals surface area contributed by atoms with Crippen molar-refractivity contribution in [2.45, 2.75) is 38.5 Å². The molecule has 0 unspecified atom stereocenters. The molecule has 0 radical (unpaired) electrons. The molecule has 0 atom stereocenters. The second kappa shape index (κ2) is 6.17. The first-order valence-electron chi connectivity index (χ1n) is 7.14. The Hall–Kier alpha value is -1.70. The fourth-order valence-corrected chi connectivity index (χ4v) is 3.00. The minimum atomic E-state index is -0.227. The molecule has 2 aromatic carbocycles. The molecule has 0 aliphatic heterocycles. The molecule has 0 aromatic heterocycles. The predicted octanol–water partition coefficient (Wildman–Crippen LogP) is 5.46. The van der Waals surface area contributed by atoms with E-state index < -0.39 is 0 Å². The largest absolute Gasteiger partial charge is 0.207 e. The molecular weight excluding hydrogens is 254 g/mol. The van der Waals surface area contributed by atoms with Crippen LogP contribution in [0.5, 0.6) is 0 Å². The lowest BCUT2D eigenvalue weighted by Crippen LogP contribution is -2.26. The third-order valence-corrected chi connectivity index (χ3v) is 4.07. The van der Waals surface area contributed by atoms with Crippen molar-refractivity contribution in [1.29, 1.82) is 0 Å². The standard InChI is InChI=1S/C18H20F2/c1-3-13-18(4-2,14-5-9-16(19)10-6-14)15-7-11-17(20)12-8-15/h5-12H,3-4,13H2,1-2H3. The SMILES string of the molecule is CCCC(CC)(c1ccc(F)cc1)c1ccc(F)cc1. The van der Waals surface area contributed by atoms with E-state index in [-0.39, 0.29) is 17.0 Å². The topological polar surface area (TPSA) is 0 Å². The van der Waals surface area contributed by atoms with Gasteiger partial charge in [-0.2, -0.15) is 0 Å². The molecule has 0 aliphatic carbocycles. The quantitative estimate of drug-likeness (QED) is 0.679. The second-order valence-corrected chi connectivity index (χ2v) is 5.20. The number of hydrogen-bond acceptors (Lipinski definition) is 0. The predicted molar refractivity (Wildman–Crippen MR) is 78.8 cm³/mol. The maximum Gasteiger partial charge on any atom is 0.123 e. The molecule has 0 aliphatic rings. The van der Waals surface area contributed by atoms with Crippen molar-refractivity contribution in [1.82, 2.24) is 0 Å². The Kier molecular flexibility index (Phi) is 4.53. The summed E-state index contributed by atoms with van der Waals surface area (Å²) >= 11 is 0. The van der Waals surface area contributed by atoms with Gasteiger partial charge in [0, 0.05) is 5.41 Å². The average molecular weight is 274 g/mol. The van der Waals surface area contributed by atoms with E-state index in [0.717, 1.165) is 30.4 Å². The Morgan fingerprint density at radius 3 is 1.45 bits per heavy atom. The first kappa shape index (κ1) is 14.7. The number of halogens is 2. The Morgan fingerprint density at radius 1 is 0.750 bits per heavy atom. The molecule has 0 heterocycles. The highest BCUT2D eigenvalue weighted by atomic mass is 19.1. The van der Waals surface area contributed by atoms with Crippen LogP contribution < -0.4 is 0 Å². The van der Waals surface area contributed by atoms with Crippen LogP contribution in [0, 0.1) is 11.6 Å². The highest BCUT2D eigenvalue weighted by Gasteiger charge is 2.31. The number of benzene rings is 2. The molecule has 20 heavy (non-hydrogen) atoms. The van der Waals surface area contributed by atoms with Gasteiger partial charge in [-0.25, -0.2) is 8.78 Å². The number of hydrogen-bond donors (Lipinski definition) is 0. The van der Waals surface area contributed by atoms with Crippen molar-refractivity contribution in [2.75, 3.05) is 0 Å². The van der Waals surface area contributed by atoms with E-state index in [1.165, 1.54) is 24.3 Å². The molecule has 2 aromatic rings. The smallest absolute Gasteiger partial charge is 0.123 e. The van der Waals surface area contributed by atoms with Gasteiger partial charge >= 0.3 is 0 Å². The van der Waals surface area contributed by atoms with E-state index in [1.807, 2.05) is 24.3 Å². The molecular formula is C18H20F2. The van der Waals surface area contributed by atoms with Crippen LogP contribution in [0.1, 0.15) is 44.2 Å². The van der Waals surface area contributed by atoms with Crippen LogP contribution in [0.4, 0.5) is 8.78 Å². The summed E-state index contributed by atoms with van der Waals surface area (Å²) in [5, 5.41) is 0. The zero-order chi connectivity index (χ0) is 14.6. The fourth-order valence-electron chi connectivity index (χ4n) is 3.00. The summed E-state index contributed by atoms with van der Waals surface area (Å²) < 4.78 is 26.3. The van der Waals surface area contributed by atoms with Crippen LogP contribution in [0.2, 0.25) is 0 Å². The lowest BCUT2D eigenvalue weighted by molar-refractivity contribution is 0.448. The van der Waals surface area contributed by atoms with Crippen molar-refractivity contribution in [2.24, 2.45) is 0 Å². The summed E-state index contributed by atoms with van der Waals surface area (Å²) in [4.78, 5) is 0. The van der Waals surface area contributed by atoms with Gasteiger partial charge < -0.3 is 0 Å². The Bertz CT molecular complexity index is 495. The molecule has 0 bridgehead atoms. The highest BCUT2D eigenvalue weighted by molar-refractivity contribution is 5.39. The van der Waals surface area contributed by atoms with Gasteiger partial charge in [-0.3, -0.25) is 0 Å². The van der Waals surface area contributed by atoms with E-state index in [1.54, 1.807) is 0 Å². The number of rotatable bonds is 5. The Balaban J connectivity index is 2.54. The summed E-state index contributed by atoms with van der Waals surface area (Å²) in [6.07, 6.45) is 2.88. The normalized spacial score (nSPS) is 11.6. The van der Waals surface area contributed by atoms with E-state index in [2.05, 4.69) is 13.8 Å². The minimum Gasteiger partial charge on any atom is -0.207 e. The molecule has 0 N–H and O–H groups in total. The lowest BCUT2D eigenvalue weighted by Gasteiger charge is -2.34. The molecule has 0 spiro atoms. The van der Waals surface area contributed by atoms with Gasteiger partial charge in [-0.1, -0.05) is 44.5 Å². The summed E-state index contributed by atoms with van der Waals surface area (Å²) in [6, 6.07) is 13.4. The summed E-state index contributed by atoms with van der Waals surface area (Å²) in [7, 11) is 0. The van der Waals surface area contributed by atoms with Gasteiger partial charge in [0.2, 0.25) is 0 Å². The van der Waals surface area contributed by atoms with Crippen LogP contribution >= 0.6 is 0 Å². The van der Waals surface area contributed by atoms with Gasteiger partial charge in [-0.15, -0.1) is 0 Å². The van der Waals surface area contributed by atoms with Gasteiger partial charge in [0.1, 0.15) is 11.6 Å². The first-order valence-corrected chi connectivity index (χ1v) is 7.14. The van der Waals surface area contributed by atoms with Crippen molar-refractivity contribution < 1.29 is 8.78 Å². The molecule has 0 nitrogen and oxygen atoms in total. The second-order valence-electron chi connectivity index (χ2n) is 5.20. The minimum absolute atomic E-state index is 0.170. The monoisotopic (exact) mass is 274 g/mol. The van der Waals surface area contributed by atoms with E-state index in [4.69, 9.17) is 0 Å². The zero-order valence-corrected chi connectivity index (χ0v) is 12.0. The van der Waals surface area contributed by atoms with Crippen LogP contribution in [-0.4, -0.2) is 0 Å². The van der Waals surface area contributed by atoms with E-state index in [0.29, 0.717) is 0 Å². The van der Waals surface area contributed by atoms with Crippen molar-refractivity contribution in [3.63, 3.8) is 0 Å². The third-order valence-electron chi connectivity index (χ3n) is 4.07. The van der Waals surface area contributed by atoms with Crippen molar-refractivity contribution in [3.05, 3.63) is 71.3 Å². The fraction of sp³-hybridized carbons (Fsp3) is 0.333. The van der Waals surface area contributed by atoms with Crippen LogP contribution in [0.25, 0.3) is 0 Å². The van der Waals surface area contributed by atoms with Crippen LogP contribution in [0.3, 0.4) is 0 Å². The lowest BCUT2D eigenvalue weighted by atomic mass is 9.69. The Labute approximate surface area is 119 Å². The maximum absolute atomic E-state index is 13.2. The highest BCUT2D eigenvalue weighted by Crippen LogP contribution is 2.39. The zero-order valence-electron chi connectivity index (χ0n) is 12.0. The third kappa shape index (κ3) is 2.74. The molecule has 0 saturated heterocycles. The summed E-state index contributed by atoms with van der Waals surface area (Å²) in [5.41, 5.74) is 2.01.